The first-order valence-corrected chi connectivity index (χ1v) is 5.83. The van der Waals surface area contributed by atoms with E-state index in [0.29, 0.717) is 16.3 Å². The quantitative estimate of drug-likeness (QED) is 0.794. The molecule has 18 heavy (non-hydrogen) atoms. The largest absolute Gasteiger partial charge is 0.327 e. The number of imidazole rings is 1. The third kappa shape index (κ3) is 2.30. The van der Waals surface area contributed by atoms with Gasteiger partial charge in [-0.2, -0.15) is 0 Å². The minimum absolute atomic E-state index is 0.0409. The molecule has 0 spiro atoms. The van der Waals surface area contributed by atoms with Gasteiger partial charge in [0.25, 0.3) is 0 Å². The van der Waals surface area contributed by atoms with Gasteiger partial charge < -0.3 is 10.3 Å². The molecule has 0 aliphatic heterocycles. The van der Waals surface area contributed by atoms with Crippen LogP contribution in [0.3, 0.4) is 0 Å². The van der Waals surface area contributed by atoms with Gasteiger partial charge in [-0.3, -0.25) is 9.36 Å². The van der Waals surface area contributed by atoms with Gasteiger partial charge in [-0.05, 0) is 26.1 Å². The first-order chi connectivity index (χ1) is 8.52. The Bertz CT molecular complexity index is 646. The zero-order valence-corrected chi connectivity index (χ0v) is 10.8. The summed E-state index contributed by atoms with van der Waals surface area (Å²) in [5.74, 6) is -0.0409. The molecule has 2 N–H and O–H groups in total. The van der Waals surface area contributed by atoms with Crippen molar-refractivity contribution in [3.63, 3.8) is 0 Å². The van der Waals surface area contributed by atoms with Crippen molar-refractivity contribution in [3.8, 4) is 0 Å². The molecule has 0 saturated heterocycles. The SMILES string of the molecule is CNC(Cn1c(=O)[nH]c2ccc(Cl)nc21)C(C)=O. The molecule has 1 unspecified atom stereocenters. The van der Waals surface area contributed by atoms with Crippen LogP contribution in [-0.4, -0.2) is 33.4 Å². The molecule has 6 nitrogen and oxygen atoms in total. The number of fused-ring (bicyclic) bond motifs is 1. The Labute approximate surface area is 108 Å². The van der Waals surface area contributed by atoms with Crippen molar-refractivity contribution < 1.29 is 4.79 Å². The smallest absolute Gasteiger partial charge is 0.309 e. The van der Waals surface area contributed by atoms with Crippen LogP contribution in [-0.2, 0) is 11.3 Å². The van der Waals surface area contributed by atoms with E-state index in [2.05, 4.69) is 15.3 Å². The lowest BCUT2D eigenvalue weighted by Crippen LogP contribution is -2.38. The molecule has 0 aliphatic rings. The summed E-state index contributed by atoms with van der Waals surface area (Å²) in [6.07, 6.45) is 0. The monoisotopic (exact) mass is 268 g/mol. The average molecular weight is 269 g/mol. The van der Waals surface area contributed by atoms with Gasteiger partial charge in [-0.15, -0.1) is 0 Å². The number of hydrogen-bond donors (Lipinski definition) is 2. The Morgan fingerprint density at radius 3 is 2.94 bits per heavy atom. The highest BCUT2D eigenvalue weighted by atomic mass is 35.5. The van der Waals surface area contributed by atoms with Crippen molar-refractivity contribution in [3.05, 3.63) is 27.8 Å². The summed E-state index contributed by atoms with van der Waals surface area (Å²) in [6.45, 7) is 1.69. The van der Waals surface area contributed by atoms with Crippen LogP contribution in [0.15, 0.2) is 16.9 Å². The molecular weight excluding hydrogens is 256 g/mol. The summed E-state index contributed by atoms with van der Waals surface area (Å²) in [7, 11) is 1.67. The molecule has 0 radical (unpaired) electrons. The number of ketones is 1. The molecule has 96 valence electrons. The topological polar surface area (TPSA) is 79.8 Å². The van der Waals surface area contributed by atoms with E-state index in [-0.39, 0.29) is 18.0 Å². The standard InChI is InChI=1S/C11H13ClN4O2/c1-6(17)8(13-2)5-16-10-7(14-11(16)18)3-4-9(12)15-10/h3-4,8,13H,5H2,1-2H3,(H,14,18). The minimum Gasteiger partial charge on any atom is -0.309 e. The first-order valence-electron chi connectivity index (χ1n) is 5.45. The van der Waals surface area contributed by atoms with Crippen molar-refractivity contribution in [1.82, 2.24) is 19.9 Å². The third-order valence-electron chi connectivity index (χ3n) is 2.79. The molecule has 2 heterocycles. The number of carbonyl (C=O) groups is 1. The molecule has 0 bridgehead atoms. The van der Waals surface area contributed by atoms with Crippen molar-refractivity contribution >= 4 is 28.5 Å². The average Bonchev–Trinajstić information content (AvgIpc) is 2.61. The number of aromatic amines is 1. The Morgan fingerprint density at radius 1 is 1.61 bits per heavy atom. The van der Waals surface area contributed by atoms with Gasteiger partial charge in [0, 0.05) is 0 Å². The maximum absolute atomic E-state index is 11.8. The predicted octanol–water partition coefficient (Wildman–Crippen LogP) is 0.555. The number of likely N-dealkylation sites (N-methyl/N-ethyl adjacent to an activating group) is 1. The molecule has 0 saturated carbocycles. The minimum atomic E-state index is -0.428. The van der Waals surface area contributed by atoms with Crippen LogP contribution in [0.1, 0.15) is 6.92 Å². The number of pyridine rings is 1. The van der Waals surface area contributed by atoms with E-state index >= 15 is 0 Å². The van der Waals surface area contributed by atoms with Gasteiger partial charge in [0.2, 0.25) is 0 Å². The third-order valence-corrected chi connectivity index (χ3v) is 3.00. The molecule has 7 heteroatoms. The molecule has 0 fully saturated rings. The lowest BCUT2D eigenvalue weighted by molar-refractivity contribution is -0.119. The fourth-order valence-corrected chi connectivity index (χ4v) is 1.93. The number of Topliss-reactive ketones (excluding diaryl/α,β-unsaturated/α-hetero) is 1. The summed E-state index contributed by atoms with van der Waals surface area (Å²) in [5, 5.41) is 3.17. The normalized spacial score (nSPS) is 12.8. The molecule has 0 aromatic carbocycles. The van der Waals surface area contributed by atoms with E-state index in [9.17, 15) is 9.59 Å². The van der Waals surface area contributed by atoms with Crippen LogP contribution in [0.25, 0.3) is 11.2 Å². The second-order valence-corrected chi connectivity index (χ2v) is 4.39. The highest BCUT2D eigenvalue weighted by Crippen LogP contribution is 2.12. The molecule has 1 atom stereocenters. The van der Waals surface area contributed by atoms with E-state index in [1.807, 2.05) is 0 Å². The Kier molecular flexibility index (Phi) is 3.49. The van der Waals surface area contributed by atoms with Crippen LogP contribution in [0.4, 0.5) is 0 Å². The summed E-state index contributed by atoms with van der Waals surface area (Å²) in [6, 6.07) is 2.86. The summed E-state index contributed by atoms with van der Waals surface area (Å²) >= 11 is 5.81. The van der Waals surface area contributed by atoms with Crippen LogP contribution >= 0.6 is 11.6 Å². The lowest BCUT2D eigenvalue weighted by Gasteiger charge is -2.12. The number of halogens is 1. The maximum atomic E-state index is 11.8. The van der Waals surface area contributed by atoms with Crippen molar-refractivity contribution in [2.24, 2.45) is 0 Å². The molecule has 0 aliphatic carbocycles. The second-order valence-electron chi connectivity index (χ2n) is 4.00. The van der Waals surface area contributed by atoms with Gasteiger partial charge >= 0.3 is 5.69 Å². The molecular formula is C11H13ClN4O2. The maximum Gasteiger partial charge on any atom is 0.327 e. The Balaban J connectivity index is 2.49. The Morgan fingerprint density at radius 2 is 2.33 bits per heavy atom. The second kappa shape index (κ2) is 4.91. The van der Waals surface area contributed by atoms with Crippen LogP contribution < -0.4 is 11.0 Å². The zero-order valence-electron chi connectivity index (χ0n) is 10.0. The molecule has 2 aromatic heterocycles. The van der Waals surface area contributed by atoms with Crippen molar-refractivity contribution in [1.29, 1.82) is 0 Å². The molecule has 2 rings (SSSR count). The molecule has 0 amide bonds. The van der Waals surface area contributed by atoms with Crippen molar-refractivity contribution in [2.45, 2.75) is 19.5 Å². The molecule has 2 aromatic rings. The predicted molar refractivity (Wildman–Crippen MR) is 68.9 cm³/mol. The van der Waals surface area contributed by atoms with E-state index < -0.39 is 6.04 Å². The zero-order chi connectivity index (χ0) is 13.3. The van der Waals surface area contributed by atoms with Crippen LogP contribution in [0, 0.1) is 0 Å². The number of aromatic nitrogens is 3. The van der Waals surface area contributed by atoms with E-state index in [1.54, 1.807) is 19.2 Å². The first kappa shape index (κ1) is 12.8. The van der Waals surface area contributed by atoms with Gasteiger partial charge in [0.05, 0.1) is 18.1 Å². The highest BCUT2D eigenvalue weighted by molar-refractivity contribution is 6.29. The number of nitrogens with zero attached hydrogens (tertiary/aromatic N) is 2. The van der Waals surface area contributed by atoms with Gasteiger partial charge in [-0.25, -0.2) is 9.78 Å². The van der Waals surface area contributed by atoms with Crippen LogP contribution in [0.2, 0.25) is 5.15 Å². The number of hydrogen-bond acceptors (Lipinski definition) is 4. The fraction of sp³-hybridized carbons (Fsp3) is 0.364. The number of carbonyl (C=O) groups excluding carboxylic acids is 1. The number of rotatable bonds is 4. The fourth-order valence-electron chi connectivity index (χ4n) is 1.78. The van der Waals surface area contributed by atoms with Gasteiger partial charge in [-0.1, -0.05) is 11.6 Å². The van der Waals surface area contributed by atoms with Gasteiger partial charge in [0.15, 0.2) is 5.65 Å². The van der Waals surface area contributed by atoms with Gasteiger partial charge in [0.1, 0.15) is 10.9 Å². The van der Waals surface area contributed by atoms with E-state index in [4.69, 9.17) is 11.6 Å². The summed E-state index contributed by atoms with van der Waals surface area (Å²) < 4.78 is 1.41. The number of nitrogens with one attached hydrogen (secondary N) is 2. The van der Waals surface area contributed by atoms with E-state index in [0.717, 1.165) is 0 Å². The highest BCUT2D eigenvalue weighted by Gasteiger charge is 2.16. The summed E-state index contributed by atoms with van der Waals surface area (Å²) in [5.41, 5.74) is 0.748. The van der Waals surface area contributed by atoms with E-state index in [1.165, 1.54) is 11.5 Å². The van der Waals surface area contributed by atoms with Crippen molar-refractivity contribution in [2.75, 3.05) is 7.05 Å². The Hall–Kier alpha value is -1.66. The summed E-state index contributed by atoms with van der Waals surface area (Å²) in [4.78, 5) is 30.0. The number of H-pyrrole nitrogens is 1. The van der Waals surface area contributed by atoms with Crippen LogP contribution in [0.5, 0.6) is 0 Å². The lowest BCUT2D eigenvalue weighted by atomic mass is 10.2.